The van der Waals surface area contributed by atoms with Crippen LogP contribution in [-0.2, 0) is 6.54 Å². The highest BCUT2D eigenvalue weighted by molar-refractivity contribution is 5.78. The SMILES string of the molecule is CC(NCc1cc2ccc(F)cc2[nH]c1=O)c1ccncc1F. The first-order chi connectivity index (χ1) is 11.0. The van der Waals surface area contributed by atoms with Crippen LogP contribution in [0.2, 0.25) is 0 Å². The molecule has 6 heteroatoms. The first-order valence-electron chi connectivity index (χ1n) is 7.19. The van der Waals surface area contributed by atoms with E-state index in [4.69, 9.17) is 0 Å². The lowest BCUT2D eigenvalue weighted by Gasteiger charge is -2.14. The quantitative estimate of drug-likeness (QED) is 0.778. The van der Waals surface area contributed by atoms with Crippen molar-refractivity contribution in [3.8, 4) is 0 Å². The van der Waals surface area contributed by atoms with Crippen LogP contribution in [0.5, 0.6) is 0 Å². The highest BCUT2D eigenvalue weighted by Crippen LogP contribution is 2.16. The number of aromatic amines is 1. The first-order valence-corrected chi connectivity index (χ1v) is 7.19. The molecule has 0 radical (unpaired) electrons. The summed E-state index contributed by atoms with van der Waals surface area (Å²) in [5.74, 6) is -0.795. The van der Waals surface area contributed by atoms with Crippen molar-refractivity contribution in [3.05, 3.63) is 75.8 Å². The molecule has 3 rings (SSSR count). The molecule has 1 aromatic carbocycles. The Kier molecular flexibility index (Phi) is 4.16. The number of nitrogens with one attached hydrogen (secondary N) is 2. The maximum Gasteiger partial charge on any atom is 0.252 e. The van der Waals surface area contributed by atoms with Gasteiger partial charge in [-0.25, -0.2) is 8.78 Å². The number of nitrogens with zero attached hydrogens (tertiary/aromatic N) is 1. The molecular weight excluding hydrogens is 300 g/mol. The smallest absolute Gasteiger partial charge is 0.252 e. The van der Waals surface area contributed by atoms with Gasteiger partial charge in [0.1, 0.15) is 11.6 Å². The van der Waals surface area contributed by atoms with Crippen LogP contribution < -0.4 is 10.9 Å². The molecule has 0 spiro atoms. The first kappa shape index (κ1) is 15.3. The second kappa shape index (κ2) is 6.26. The molecule has 0 fully saturated rings. The number of H-pyrrole nitrogens is 1. The Balaban J connectivity index is 1.82. The number of pyridine rings is 2. The summed E-state index contributed by atoms with van der Waals surface area (Å²) in [5.41, 5.74) is 1.15. The minimum atomic E-state index is -0.402. The average Bonchev–Trinajstić information content (AvgIpc) is 2.53. The summed E-state index contributed by atoms with van der Waals surface area (Å²) in [7, 11) is 0. The lowest BCUT2D eigenvalue weighted by atomic mass is 10.1. The van der Waals surface area contributed by atoms with Gasteiger partial charge in [-0.3, -0.25) is 9.78 Å². The highest BCUT2D eigenvalue weighted by atomic mass is 19.1. The van der Waals surface area contributed by atoms with Crippen LogP contribution in [0.15, 0.2) is 47.5 Å². The number of aromatic nitrogens is 2. The number of rotatable bonds is 4. The normalized spacial score (nSPS) is 12.5. The predicted octanol–water partition coefficient (Wildman–Crippen LogP) is 3.05. The molecule has 2 heterocycles. The van der Waals surface area contributed by atoms with Crippen LogP contribution in [-0.4, -0.2) is 9.97 Å². The third-order valence-electron chi connectivity index (χ3n) is 3.75. The molecule has 118 valence electrons. The second-order valence-electron chi connectivity index (χ2n) is 5.36. The summed E-state index contributed by atoms with van der Waals surface area (Å²) in [6, 6.07) is 7.25. The van der Waals surface area contributed by atoms with E-state index in [0.717, 1.165) is 11.6 Å². The van der Waals surface area contributed by atoms with Gasteiger partial charge < -0.3 is 10.3 Å². The van der Waals surface area contributed by atoms with Crippen molar-refractivity contribution in [2.24, 2.45) is 0 Å². The monoisotopic (exact) mass is 315 g/mol. The van der Waals surface area contributed by atoms with Gasteiger partial charge in [-0.05, 0) is 42.6 Å². The predicted molar refractivity (Wildman–Crippen MR) is 84.0 cm³/mol. The van der Waals surface area contributed by atoms with E-state index in [9.17, 15) is 13.6 Å². The zero-order valence-corrected chi connectivity index (χ0v) is 12.4. The van der Waals surface area contributed by atoms with E-state index < -0.39 is 11.6 Å². The molecular formula is C17H15F2N3O. The van der Waals surface area contributed by atoms with Crippen molar-refractivity contribution in [3.63, 3.8) is 0 Å². The van der Waals surface area contributed by atoms with Gasteiger partial charge in [0.25, 0.3) is 5.56 Å². The standard InChI is InChI=1S/C17H15F2N3O/c1-10(14-4-5-20-9-15(14)19)21-8-12-6-11-2-3-13(18)7-16(11)22-17(12)23/h2-7,9-10,21H,8H2,1H3,(H,22,23). The molecule has 0 aliphatic heterocycles. The Morgan fingerprint density at radius 2 is 2.09 bits per heavy atom. The zero-order valence-electron chi connectivity index (χ0n) is 12.4. The van der Waals surface area contributed by atoms with Crippen molar-refractivity contribution in [2.45, 2.75) is 19.5 Å². The molecule has 0 saturated heterocycles. The van der Waals surface area contributed by atoms with Crippen molar-refractivity contribution in [1.82, 2.24) is 15.3 Å². The second-order valence-corrected chi connectivity index (χ2v) is 5.36. The topological polar surface area (TPSA) is 57.8 Å². The van der Waals surface area contributed by atoms with E-state index in [1.165, 1.54) is 18.3 Å². The van der Waals surface area contributed by atoms with Crippen LogP contribution >= 0.6 is 0 Å². The van der Waals surface area contributed by atoms with Crippen molar-refractivity contribution in [2.75, 3.05) is 0 Å². The number of fused-ring (bicyclic) bond motifs is 1. The zero-order chi connectivity index (χ0) is 16.4. The van der Waals surface area contributed by atoms with Crippen LogP contribution in [0.1, 0.15) is 24.1 Å². The molecule has 3 aromatic rings. The van der Waals surface area contributed by atoms with Crippen molar-refractivity contribution < 1.29 is 8.78 Å². The molecule has 2 aromatic heterocycles. The molecule has 23 heavy (non-hydrogen) atoms. The van der Waals surface area contributed by atoms with Gasteiger partial charge in [0.05, 0.1) is 11.7 Å². The highest BCUT2D eigenvalue weighted by Gasteiger charge is 2.11. The minimum Gasteiger partial charge on any atom is -0.322 e. The van der Waals surface area contributed by atoms with Gasteiger partial charge in [-0.2, -0.15) is 0 Å². The van der Waals surface area contributed by atoms with E-state index in [2.05, 4.69) is 15.3 Å². The minimum absolute atomic E-state index is 0.269. The molecule has 0 amide bonds. The maximum atomic E-state index is 13.7. The van der Waals surface area contributed by atoms with E-state index >= 15 is 0 Å². The van der Waals surface area contributed by atoms with Gasteiger partial charge in [-0.15, -0.1) is 0 Å². The van der Waals surface area contributed by atoms with Crippen LogP contribution in [0.3, 0.4) is 0 Å². The van der Waals surface area contributed by atoms with E-state index in [1.807, 2.05) is 6.92 Å². The fourth-order valence-electron chi connectivity index (χ4n) is 2.46. The van der Waals surface area contributed by atoms with E-state index in [1.54, 1.807) is 18.2 Å². The summed E-state index contributed by atoms with van der Waals surface area (Å²) < 4.78 is 26.9. The van der Waals surface area contributed by atoms with Gasteiger partial charge in [-0.1, -0.05) is 0 Å². The lowest BCUT2D eigenvalue weighted by molar-refractivity contribution is 0.524. The third kappa shape index (κ3) is 3.27. The summed E-state index contributed by atoms with van der Waals surface area (Å²) in [5, 5.41) is 3.85. The molecule has 0 bridgehead atoms. The Hall–Kier alpha value is -2.60. The molecule has 2 N–H and O–H groups in total. The number of hydrogen-bond donors (Lipinski definition) is 2. The molecule has 0 saturated carbocycles. The Bertz CT molecular complexity index is 908. The van der Waals surface area contributed by atoms with Crippen LogP contribution in [0.25, 0.3) is 10.9 Å². The fraction of sp³-hybridized carbons (Fsp3) is 0.176. The maximum absolute atomic E-state index is 13.7. The van der Waals surface area contributed by atoms with Gasteiger partial charge in [0.2, 0.25) is 0 Å². The summed E-state index contributed by atoms with van der Waals surface area (Å²) in [4.78, 5) is 18.4. The molecule has 1 atom stereocenters. The summed E-state index contributed by atoms with van der Waals surface area (Å²) in [6.07, 6.45) is 2.68. The Labute approximate surface area is 131 Å². The Morgan fingerprint density at radius 1 is 1.26 bits per heavy atom. The summed E-state index contributed by atoms with van der Waals surface area (Å²) >= 11 is 0. The number of benzene rings is 1. The lowest BCUT2D eigenvalue weighted by Crippen LogP contribution is -2.24. The van der Waals surface area contributed by atoms with Crippen LogP contribution in [0.4, 0.5) is 8.78 Å². The number of hydrogen-bond acceptors (Lipinski definition) is 3. The van der Waals surface area contributed by atoms with Crippen LogP contribution in [0, 0.1) is 11.6 Å². The molecule has 1 unspecified atom stereocenters. The van der Waals surface area contributed by atoms with Crippen molar-refractivity contribution in [1.29, 1.82) is 0 Å². The molecule has 4 nitrogen and oxygen atoms in total. The largest absolute Gasteiger partial charge is 0.322 e. The van der Waals surface area contributed by atoms with Gasteiger partial charge >= 0.3 is 0 Å². The molecule has 0 aliphatic rings. The van der Waals surface area contributed by atoms with Gasteiger partial charge in [0.15, 0.2) is 0 Å². The van der Waals surface area contributed by atoms with E-state index in [0.29, 0.717) is 16.6 Å². The third-order valence-corrected chi connectivity index (χ3v) is 3.75. The number of halogens is 2. The molecule has 0 aliphatic carbocycles. The van der Waals surface area contributed by atoms with Gasteiger partial charge in [0, 0.05) is 29.9 Å². The van der Waals surface area contributed by atoms with E-state index in [-0.39, 0.29) is 18.1 Å². The average molecular weight is 315 g/mol. The fourth-order valence-corrected chi connectivity index (χ4v) is 2.46. The summed E-state index contributed by atoms with van der Waals surface area (Å²) in [6.45, 7) is 2.08. The van der Waals surface area contributed by atoms with Crippen molar-refractivity contribution >= 4 is 10.9 Å². The Morgan fingerprint density at radius 3 is 2.87 bits per heavy atom.